The van der Waals surface area contributed by atoms with Crippen molar-refractivity contribution in [2.24, 2.45) is 0 Å². The molecule has 0 saturated carbocycles. The largest absolute Gasteiger partial charge is 0.484 e. The molecule has 0 aliphatic carbocycles. The Morgan fingerprint density at radius 1 is 1.50 bits per heavy atom. The molecule has 3 nitrogen and oxygen atoms in total. The van der Waals surface area contributed by atoms with Crippen molar-refractivity contribution < 1.29 is 9.53 Å². The minimum Gasteiger partial charge on any atom is -0.484 e. The fourth-order valence-electron chi connectivity index (χ4n) is 1.33. The van der Waals surface area contributed by atoms with Gasteiger partial charge in [-0.2, -0.15) is 0 Å². The maximum absolute atomic E-state index is 11.5. The molecular weight excluding hydrogens is 273 g/mol. The summed E-state index contributed by atoms with van der Waals surface area (Å²) in [4.78, 5) is 11.5. The zero-order chi connectivity index (χ0) is 13.4. The van der Waals surface area contributed by atoms with Gasteiger partial charge in [-0.15, -0.1) is 11.6 Å². The van der Waals surface area contributed by atoms with Crippen molar-refractivity contribution in [1.82, 2.24) is 5.32 Å². The summed E-state index contributed by atoms with van der Waals surface area (Å²) in [6.45, 7) is 2.57. The molecule has 0 spiro atoms. The smallest absolute Gasteiger partial charge is 0.257 e. The fourth-order valence-corrected chi connectivity index (χ4v) is 1.62. The number of benzene rings is 1. The van der Waals surface area contributed by atoms with Gasteiger partial charge in [0, 0.05) is 16.9 Å². The van der Waals surface area contributed by atoms with Crippen LogP contribution in [0.15, 0.2) is 24.3 Å². The molecule has 0 aromatic heterocycles. The van der Waals surface area contributed by atoms with E-state index in [1.165, 1.54) is 0 Å². The summed E-state index contributed by atoms with van der Waals surface area (Å²) in [5.74, 6) is 0.427. The van der Waals surface area contributed by atoms with Gasteiger partial charge in [0.2, 0.25) is 0 Å². The summed E-state index contributed by atoms with van der Waals surface area (Å²) in [7, 11) is 0. The van der Waals surface area contributed by atoms with Crippen LogP contribution in [0, 0.1) is 0 Å². The minimum atomic E-state index is -0.157. The molecule has 1 aromatic carbocycles. The normalized spacial score (nSPS) is 11.9. The Hall–Kier alpha value is -0.930. The highest BCUT2D eigenvalue weighted by molar-refractivity contribution is 6.30. The van der Waals surface area contributed by atoms with Gasteiger partial charge in [0.1, 0.15) is 5.75 Å². The van der Waals surface area contributed by atoms with E-state index >= 15 is 0 Å². The topological polar surface area (TPSA) is 38.3 Å². The van der Waals surface area contributed by atoms with Crippen LogP contribution in [-0.4, -0.2) is 24.4 Å². The molecule has 5 heteroatoms. The molecule has 1 atom stereocenters. The van der Waals surface area contributed by atoms with E-state index in [0.29, 0.717) is 17.3 Å². The van der Waals surface area contributed by atoms with Crippen molar-refractivity contribution in [2.45, 2.75) is 25.1 Å². The van der Waals surface area contributed by atoms with Crippen molar-refractivity contribution in [3.63, 3.8) is 0 Å². The number of rotatable bonds is 7. The molecule has 0 fully saturated rings. The second-order valence-corrected chi connectivity index (χ2v) is 4.94. The molecule has 0 radical (unpaired) electrons. The molecule has 0 aliphatic heterocycles. The highest BCUT2D eigenvalue weighted by Crippen LogP contribution is 2.16. The highest BCUT2D eigenvalue weighted by atomic mass is 35.5. The van der Waals surface area contributed by atoms with E-state index in [9.17, 15) is 4.79 Å². The highest BCUT2D eigenvalue weighted by Gasteiger charge is 2.05. The summed E-state index contributed by atoms with van der Waals surface area (Å²) < 4.78 is 5.30. The van der Waals surface area contributed by atoms with Crippen LogP contribution in [0.2, 0.25) is 5.02 Å². The third-order valence-corrected chi connectivity index (χ3v) is 3.15. The van der Waals surface area contributed by atoms with Gasteiger partial charge in [0.05, 0.1) is 0 Å². The standard InChI is InChI=1S/C13H17Cl2NO2/c1-2-10(14)6-7-16-13(17)9-18-12-5-3-4-11(15)8-12/h3-5,8,10H,2,6-7,9H2,1H3,(H,16,17). The summed E-state index contributed by atoms with van der Waals surface area (Å²) >= 11 is 11.7. The van der Waals surface area contributed by atoms with E-state index in [0.717, 1.165) is 12.8 Å². The predicted molar refractivity (Wildman–Crippen MR) is 74.5 cm³/mol. The summed E-state index contributed by atoms with van der Waals surface area (Å²) in [5, 5.41) is 3.45. The van der Waals surface area contributed by atoms with Crippen LogP contribution in [0.25, 0.3) is 0 Å². The molecule has 0 bridgehead atoms. The van der Waals surface area contributed by atoms with Gasteiger partial charge in [-0.05, 0) is 31.0 Å². The number of amides is 1. The van der Waals surface area contributed by atoms with E-state index in [4.69, 9.17) is 27.9 Å². The Kier molecular flexibility index (Phi) is 6.91. The molecule has 0 aliphatic rings. The van der Waals surface area contributed by atoms with Crippen LogP contribution in [0.5, 0.6) is 5.75 Å². The molecule has 100 valence electrons. The van der Waals surface area contributed by atoms with Gasteiger partial charge in [0.15, 0.2) is 6.61 Å². The van der Waals surface area contributed by atoms with Crippen molar-refractivity contribution in [2.75, 3.05) is 13.2 Å². The average molecular weight is 290 g/mol. The van der Waals surface area contributed by atoms with Gasteiger partial charge in [-0.1, -0.05) is 24.6 Å². The molecular formula is C13H17Cl2NO2. The Balaban J connectivity index is 2.21. The number of hydrogen-bond donors (Lipinski definition) is 1. The van der Waals surface area contributed by atoms with E-state index < -0.39 is 0 Å². The third kappa shape index (κ3) is 6.12. The lowest BCUT2D eigenvalue weighted by Crippen LogP contribution is -2.30. The maximum atomic E-state index is 11.5. The fraction of sp³-hybridized carbons (Fsp3) is 0.462. The summed E-state index contributed by atoms with van der Waals surface area (Å²) in [5.41, 5.74) is 0. The molecule has 0 heterocycles. The quantitative estimate of drug-likeness (QED) is 0.783. The average Bonchev–Trinajstić information content (AvgIpc) is 2.36. The number of carbonyl (C=O) groups excluding carboxylic acids is 1. The molecule has 1 rings (SSSR count). The van der Waals surface area contributed by atoms with Crippen LogP contribution >= 0.6 is 23.2 Å². The Labute approximate surface area is 117 Å². The second-order valence-electron chi connectivity index (χ2n) is 3.89. The first-order chi connectivity index (χ1) is 8.61. The molecule has 1 amide bonds. The summed E-state index contributed by atoms with van der Waals surface area (Å²) in [6.07, 6.45) is 1.66. The Bertz CT molecular complexity index is 385. The maximum Gasteiger partial charge on any atom is 0.257 e. The summed E-state index contributed by atoms with van der Waals surface area (Å²) in [6, 6.07) is 6.94. The van der Waals surface area contributed by atoms with Crippen LogP contribution < -0.4 is 10.1 Å². The van der Waals surface area contributed by atoms with Crippen molar-refractivity contribution >= 4 is 29.1 Å². The number of hydrogen-bond acceptors (Lipinski definition) is 2. The van der Waals surface area contributed by atoms with Crippen molar-refractivity contribution in [3.8, 4) is 5.75 Å². The van der Waals surface area contributed by atoms with Gasteiger partial charge in [-0.3, -0.25) is 4.79 Å². The molecule has 0 saturated heterocycles. The number of alkyl halides is 1. The molecule has 1 N–H and O–H groups in total. The van der Waals surface area contributed by atoms with Gasteiger partial charge < -0.3 is 10.1 Å². The zero-order valence-electron chi connectivity index (χ0n) is 10.3. The lowest BCUT2D eigenvalue weighted by atomic mass is 10.2. The van der Waals surface area contributed by atoms with Crippen LogP contribution in [0.3, 0.4) is 0 Å². The predicted octanol–water partition coefficient (Wildman–Crippen LogP) is 3.24. The van der Waals surface area contributed by atoms with Gasteiger partial charge in [0.25, 0.3) is 5.91 Å². The monoisotopic (exact) mass is 289 g/mol. The second kappa shape index (κ2) is 8.22. The lowest BCUT2D eigenvalue weighted by molar-refractivity contribution is -0.123. The SMILES string of the molecule is CCC(Cl)CCNC(=O)COc1cccc(Cl)c1. The Morgan fingerprint density at radius 2 is 2.28 bits per heavy atom. The minimum absolute atomic E-state index is 0.0145. The molecule has 18 heavy (non-hydrogen) atoms. The number of halogens is 2. The first kappa shape index (κ1) is 15.1. The Morgan fingerprint density at radius 3 is 2.94 bits per heavy atom. The van der Waals surface area contributed by atoms with E-state index in [2.05, 4.69) is 5.32 Å². The van der Waals surface area contributed by atoms with Gasteiger partial charge in [-0.25, -0.2) is 0 Å². The van der Waals surface area contributed by atoms with Crippen LogP contribution in [0.1, 0.15) is 19.8 Å². The van der Waals surface area contributed by atoms with Crippen molar-refractivity contribution in [3.05, 3.63) is 29.3 Å². The van der Waals surface area contributed by atoms with E-state index in [1.54, 1.807) is 24.3 Å². The third-order valence-electron chi connectivity index (χ3n) is 2.39. The van der Waals surface area contributed by atoms with Crippen LogP contribution in [-0.2, 0) is 4.79 Å². The van der Waals surface area contributed by atoms with E-state index in [1.807, 2.05) is 6.92 Å². The number of carbonyl (C=O) groups is 1. The van der Waals surface area contributed by atoms with Gasteiger partial charge >= 0.3 is 0 Å². The number of nitrogens with one attached hydrogen (secondary N) is 1. The van der Waals surface area contributed by atoms with E-state index in [-0.39, 0.29) is 17.9 Å². The molecule has 1 unspecified atom stereocenters. The first-order valence-corrected chi connectivity index (χ1v) is 6.72. The lowest BCUT2D eigenvalue weighted by Gasteiger charge is -2.09. The van der Waals surface area contributed by atoms with Crippen LogP contribution in [0.4, 0.5) is 0 Å². The first-order valence-electron chi connectivity index (χ1n) is 5.91. The molecule has 1 aromatic rings. The van der Waals surface area contributed by atoms with Crippen molar-refractivity contribution in [1.29, 1.82) is 0 Å². The number of ether oxygens (including phenoxy) is 1. The zero-order valence-corrected chi connectivity index (χ0v) is 11.8.